The van der Waals surface area contributed by atoms with E-state index in [1.807, 2.05) is 12.4 Å². The summed E-state index contributed by atoms with van der Waals surface area (Å²) in [7, 11) is 0. The molecule has 2 rings (SSSR count). The zero-order valence-corrected chi connectivity index (χ0v) is 21.0. The molecule has 0 spiro atoms. The van der Waals surface area contributed by atoms with E-state index in [-0.39, 0.29) is 34.0 Å². The van der Waals surface area contributed by atoms with Gasteiger partial charge in [0.15, 0.2) is 11.9 Å². The maximum Gasteiger partial charge on any atom is 0.181 e. The first-order valence-corrected chi connectivity index (χ1v) is 10.8. The predicted molar refractivity (Wildman–Crippen MR) is 121 cm³/mol. The number of halogens is 2. The Labute approximate surface area is 193 Å². The third-order valence-electron chi connectivity index (χ3n) is 5.18. The van der Waals surface area contributed by atoms with Gasteiger partial charge in [-0.25, -0.2) is 4.57 Å². The number of aryl methyl sites for hydroxylation is 2. The van der Waals surface area contributed by atoms with E-state index >= 15 is 0 Å². The quantitative estimate of drug-likeness (QED) is 0.291. The van der Waals surface area contributed by atoms with Gasteiger partial charge in [0.05, 0.1) is 0 Å². The largest absolute Gasteiger partial charge is 1.00 e. The highest BCUT2D eigenvalue weighted by Gasteiger charge is 2.12. The molecule has 0 saturated carbocycles. The normalized spacial score (nSPS) is 10.2. The molecule has 0 radical (unpaired) electrons. The van der Waals surface area contributed by atoms with E-state index in [1.165, 1.54) is 87.4 Å². The number of pyridine rings is 2. The zero-order valence-electron chi connectivity index (χ0n) is 17.7. The van der Waals surface area contributed by atoms with Crippen LogP contribution in [0.5, 0.6) is 0 Å². The van der Waals surface area contributed by atoms with Crippen molar-refractivity contribution in [3.63, 3.8) is 0 Å². The van der Waals surface area contributed by atoms with Crippen molar-refractivity contribution in [3.8, 4) is 11.1 Å². The Kier molecular flexibility index (Phi) is 16.7. The molecule has 0 atom stereocenters. The summed E-state index contributed by atoms with van der Waals surface area (Å²) in [6, 6.07) is 8.88. The van der Waals surface area contributed by atoms with Crippen LogP contribution >= 0.6 is 17.0 Å². The van der Waals surface area contributed by atoms with Crippen LogP contribution in [0.4, 0.5) is 0 Å². The van der Waals surface area contributed by atoms with Gasteiger partial charge in [0.1, 0.15) is 6.54 Å². The molecule has 2 aromatic heterocycles. The summed E-state index contributed by atoms with van der Waals surface area (Å²) < 4.78 is 2.50. The lowest BCUT2D eigenvalue weighted by Gasteiger charge is -2.08. The Bertz CT molecular complexity index is 617. The van der Waals surface area contributed by atoms with Crippen LogP contribution in [0.1, 0.15) is 83.7 Å². The lowest BCUT2D eigenvalue weighted by molar-refractivity contribution is -0.704. The Morgan fingerprint density at radius 1 is 0.750 bits per heavy atom. The molecule has 0 saturated heterocycles. The smallest absolute Gasteiger partial charge is 0.181 e. The van der Waals surface area contributed by atoms with Gasteiger partial charge in [-0.15, -0.1) is 17.0 Å². The molecule has 0 aromatic carbocycles. The summed E-state index contributed by atoms with van der Waals surface area (Å²) in [6.45, 7) is 5.72. The summed E-state index contributed by atoms with van der Waals surface area (Å²) in [5.74, 6) is 0. The monoisotopic (exact) mass is 512 g/mol. The number of rotatable bonds is 13. The summed E-state index contributed by atoms with van der Waals surface area (Å²) in [6.07, 6.45) is 20.7. The van der Waals surface area contributed by atoms with Crippen molar-refractivity contribution < 1.29 is 21.5 Å². The van der Waals surface area contributed by atoms with E-state index in [2.05, 4.69) is 53.9 Å². The van der Waals surface area contributed by atoms with Gasteiger partial charge in [-0.2, -0.15) is 0 Å². The molecule has 2 aromatic rings. The van der Waals surface area contributed by atoms with Crippen molar-refractivity contribution in [1.82, 2.24) is 4.98 Å². The maximum absolute atomic E-state index is 4.15. The van der Waals surface area contributed by atoms with Crippen LogP contribution in [0, 0.1) is 0 Å². The average Bonchev–Trinajstić information content (AvgIpc) is 2.69. The van der Waals surface area contributed by atoms with Crippen molar-refractivity contribution in [2.75, 3.05) is 0 Å². The zero-order chi connectivity index (χ0) is 18.5. The standard InChI is InChI=1S/C24H37N2.2BrH/c1-3-5-7-9-11-13-24-21-23(22-14-17-25-18-15-22)16-20-26(24)19-12-10-8-6-4-2;;/h14-18,20-21H,3-13,19H2,1-2H3;2*1H/q+1;;/p-1. The Morgan fingerprint density at radius 3 is 2.00 bits per heavy atom. The van der Waals surface area contributed by atoms with Crippen LogP contribution in [-0.4, -0.2) is 4.98 Å². The number of nitrogens with zero attached hydrogens (tertiary/aromatic N) is 2. The SMILES string of the molecule is Br.CCCCCCCc1cc(-c2ccncc2)cc[n+]1CCCCCCC.[Br-]. The molecule has 0 amide bonds. The Morgan fingerprint density at radius 2 is 1.36 bits per heavy atom. The van der Waals surface area contributed by atoms with E-state index in [0.717, 1.165) is 6.54 Å². The molecular weight excluding hydrogens is 476 g/mol. The molecule has 0 aliphatic carbocycles. The van der Waals surface area contributed by atoms with Gasteiger partial charge in [-0.05, 0) is 36.1 Å². The van der Waals surface area contributed by atoms with E-state index in [4.69, 9.17) is 0 Å². The van der Waals surface area contributed by atoms with Crippen LogP contribution in [0.15, 0.2) is 42.9 Å². The van der Waals surface area contributed by atoms with Crippen LogP contribution in [-0.2, 0) is 13.0 Å². The first kappa shape index (κ1) is 27.3. The molecule has 4 heteroatoms. The highest BCUT2D eigenvalue weighted by Crippen LogP contribution is 2.19. The Hall–Kier alpha value is -0.740. The molecule has 0 aliphatic rings. The summed E-state index contributed by atoms with van der Waals surface area (Å²) in [5.41, 5.74) is 4.08. The van der Waals surface area contributed by atoms with Gasteiger partial charge in [0.25, 0.3) is 0 Å². The van der Waals surface area contributed by atoms with Crippen LogP contribution in [0.25, 0.3) is 11.1 Å². The van der Waals surface area contributed by atoms with Crippen molar-refractivity contribution in [1.29, 1.82) is 0 Å². The molecule has 28 heavy (non-hydrogen) atoms. The molecule has 158 valence electrons. The fraction of sp³-hybridized carbons (Fsp3) is 0.583. The molecule has 0 fully saturated rings. The van der Waals surface area contributed by atoms with E-state index < -0.39 is 0 Å². The minimum atomic E-state index is 0. The summed E-state index contributed by atoms with van der Waals surface area (Å²) in [5, 5.41) is 0. The van der Waals surface area contributed by atoms with Crippen LogP contribution < -0.4 is 21.5 Å². The van der Waals surface area contributed by atoms with Crippen molar-refractivity contribution in [2.45, 2.75) is 91.0 Å². The lowest BCUT2D eigenvalue weighted by Crippen LogP contribution is -3.00. The highest BCUT2D eigenvalue weighted by molar-refractivity contribution is 8.93. The molecule has 0 unspecified atom stereocenters. The Balaban J connectivity index is 0.00000364. The number of hydrogen-bond donors (Lipinski definition) is 0. The minimum absolute atomic E-state index is 0. The predicted octanol–water partition coefficient (Wildman–Crippen LogP) is 4.10. The van der Waals surface area contributed by atoms with Crippen LogP contribution in [0.2, 0.25) is 0 Å². The van der Waals surface area contributed by atoms with E-state index in [1.54, 1.807) is 0 Å². The highest BCUT2D eigenvalue weighted by atomic mass is 79.9. The fourth-order valence-corrected chi connectivity index (χ4v) is 3.53. The minimum Gasteiger partial charge on any atom is -1.00 e. The summed E-state index contributed by atoms with van der Waals surface area (Å²) >= 11 is 0. The van der Waals surface area contributed by atoms with E-state index in [0.29, 0.717) is 0 Å². The van der Waals surface area contributed by atoms with Gasteiger partial charge in [-0.1, -0.05) is 58.8 Å². The molecule has 0 aliphatic heterocycles. The fourth-order valence-electron chi connectivity index (χ4n) is 3.53. The second-order valence-electron chi connectivity index (χ2n) is 7.41. The third kappa shape index (κ3) is 10.2. The van der Waals surface area contributed by atoms with Gasteiger partial charge in [0.2, 0.25) is 0 Å². The van der Waals surface area contributed by atoms with Gasteiger partial charge >= 0.3 is 0 Å². The van der Waals surface area contributed by atoms with Crippen molar-refractivity contribution in [2.24, 2.45) is 0 Å². The molecule has 2 nitrogen and oxygen atoms in total. The van der Waals surface area contributed by atoms with Gasteiger partial charge in [0, 0.05) is 37.4 Å². The van der Waals surface area contributed by atoms with Gasteiger partial charge < -0.3 is 17.0 Å². The lowest BCUT2D eigenvalue weighted by atomic mass is 10.0. The van der Waals surface area contributed by atoms with Crippen LogP contribution in [0.3, 0.4) is 0 Å². The molecule has 0 N–H and O–H groups in total. The van der Waals surface area contributed by atoms with Gasteiger partial charge in [-0.3, -0.25) is 4.98 Å². The maximum atomic E-state index is 4.15. The number of unbranched alkanes of at least 4 members (excludes halogenated alkanes) is 8. The number of aromatic nitrogens is 2. The second kappa shape index (κ2) is 17.1. The molecule has 0 bridgehead atoms. The molecule has 2 heterocycles. The topological polar surface area (TPSA) is 16.8 Å². The van der Waals surface area contributed by atoms with Crippen molar-refractivity contribution in [3.05, 3.63) is 48.5 Å². The first-order chi connectivity index (χ1) is 12.8. The van der Waals surface area contributed by atoms with E-state index in [9.17, 15) is 0 Å². The second-order valence-corrected chi connectivity index (χ2v) is 7.41. The third-order valence-corrected chi connectivity index (χ3v) is 5.18. The molecular formula is C24H38Br2N2. The van der Waals surface area contributed by atoms with Crippen molar-refractivity contribution >= 4 is 17.0 Å². The first-order valence-electron chi connectivity index (χ1n) is 10.8. The average molecular weight is 514 g/mol. The number of hydrogen-bond acceptors (Lipinski definition) is 1. The summed E-state index contributed by atoms with van der Waals surface area (Å²) in [4.78, 5) is 4.15.